The second-order valence-electron chi connectivity index (χ2n) is 3.99. The minimum absolute atomic E-state index is 0.0728. The van der Waals surface area contributed by atoms with Crippen molar-refractivity contribution in [3.8, 4) is 5.75 Å². The SMILES string of the molecule is CCNC(c1cnc(C)s1)c1c(OC)cnn1C. The first-order chi connectivity index (χ1) is 8.67. The number of ether oxygens (including phenoxy) is 1. The number of thiazole rings is 1. The molecule has 0 saturated carbocycles. The Morgan fingerprint density at radius 2 is 2.28 bits per heavy atom. The Morgan fingerprint density at radius 3 is 2.83 bits per heavy atom. The molecular formula is C12H18N4OS. The first-order valence-corrected chi connectivity index (χ1v) is 6.70. The van der Waals surface area contributed by atoms with Crippen molar-refractivity contribution in [3.63, 3.8) is 0 Å². The second kappa shape index (κ2) is 5.49. The van der Waals surface area contributed by atoms with Gasteiger partial charge in [0.1, 0.15) is 5.69 Å². The molecule has 0 spiro atoms. The van der Waals surface area contributed by atoms with Crippen LogP contribution in [0.5, 0.6) is 5.75 Å². The highest BCUT2D eigenvalue weighted by atomic mass is 32.1. The van der Waals surface area contributed by atoms with Gasteiger partial charge in [0.25, 0.3) is 0 Å². The molecule has 0 amide bonds. The van der Waals surface area contributed by atoms with Gasteiger partial charge in [-0.05, 0) is 13.5 Å². The average Bonchev–Trinajstić information content (AvgIpc) is 2.93. The Balaban J connectivity index is 2.43. The van der Waals surface area contributed by atoms with E-state index in [2.05, 4.69) is 22.3 Å². The minimum Gasteiger partial charge on any atom is -0.493 e. The van der Waals surface area contributed by atoms with E-state index >= 15 is 0 Å². The zero-order chi connectivity index (χ0) is 13.1. The number of methoxy groups -OCH3 is 1. The normalized spacial score (nSPS) is 12.7. The number of aromatic nitrogens is 3. The maximum absolute atomic E-state index is 5.38. The van der Waals surface area contributed by atoms with Gasteiger partial charge in [-0.15, -0.1) is 11.3 Å². The number of hydrogen-bond donors (Lipinski definition) is 1. The monoisotopic (exact) mass is 266 g/mol. The summed E-state index contributed by atoms with van der Waals surface area (Å²) in [5.41, 5.74) is 1.03. The van der Waals surface area contributed by atoms with E-state index in [0.717, 1.165) is 23.0 Å². The first kappa shape index (κ1) is 13.0. The molecule has 1 atom stereocenters. The van der Waals surface area contributed by atoms with Crippen LogP contribution in [0.15, 0.2) is 12.4 Å². The van der Waals surface area contributed by atoms with Crippen LogP contribution in [-0.4, -0.2) is 28.4 Å². The van der Waals surface area contributed by atoms with E-state index in [-0.39, 0.29) is 6.04 Å². The molecule has 5 nitrogen and oxygen atoms in total. The summed E-state index contributed by atoms with van der Waals surface area (Å²) >= 11 is 1.69. The maximum atomic E-state index is 5.38. The predicted octanol–water partition coefficient (Wildman–Crippen LogP) is 1.89. The Bertz CT molecular complexity index is 520. The standard InChI is InChI=1S/C12H18N4OS/c1-5-13-11(10-7-14-8(2)18-10)12-9(17-4)6-15-16(12)3/h6-7,11,13H,5H2,1-4H3. The third-order valence-electron chi connectivity index (χ3n) is 2.77. The molecule has 0 fully saturated rings. The van der Waals surface area contributed by atoms with Crippen molar-refractivity contribution in [3.05, 3.63) is 28.0 Å². The number of nitrogens with one attached hydrogen (secondary N) is 1. The molecule has 0 aliphatic carbocycles. The van der Waals surface area contributed by atoms with Crippen molar-refractivity contribution in [1.29, 1.82) is 0 Å². The molecule has 0 aromatic carbocycles. The molecular weight excluding hydrogens is 248 g/mol. The molecule has 0 aliphatic heterocycles. The van der Waals surface area contributed by atoms with Gasteiger partial charge in [0, 0.05) is 18.1 Å². The summed E-state index contributed by atoms with van der Waals surface area (Å²) in [6.07, 6.45) is 3.66. The molecule has 2 aromatic heterocycles. The van der Waals surface area contributed by atoms with Crippen molar-refractivity contribution in [2.24, 2.45) is 7.05 Å². The fourth-order valence-corrected chi connectivity index (χ4v) is 2.83. The molecule has 0 bridgehead atoms. The van der Waals surface area contributed by atoms with Crippen LogP contribution in [0.2, 0.25) is 0 Å². The molecule has 18 heavy (non-hydrogen) atoms. The molecule has 2 rings (SSSR count). The molecule has 6 heteroatoms. The van der Waals surface area contributed by atoms with Crippen LogP contribution in [0.25, 0.3) is 0 Å². The number of hydrogen-bond acceptors (Lipinski definition) is 5. The highest BCUT2D eigenvalue weighted by molar-refractivity contribution is 7.11. The van der Waals surface area contributed by atoms with E-state index in [1.807, 2.05) is 24.9 Å². The predicted molar refractivity (Wildman–Crippen MR) is 72.1 cm³/mol. The van der Waals surface area contributed by atoms with Crippen LogP contribution in [0.3, 0.4) is 0 Å². The summed E-state index contributed by atoms with van der Waals surface area (Å²) < 4.78 is 7.23. The fraction of sp³-hybridized carbons (Fsp3) is 0.500. The third-order valence-corrected chi connectivity index (χ3v) is 3.75. The van der Waals surface area contributed by atoms with E-state index in [0.29, 0.717) is 0 Å². The number of rotatable bonds is 5. The van der Waals surface area contributed by atoms with Crippen molar-refractivity contribution in [2.45, 2.75) is 19.9 Å². The smallest absolute Gasteiger partial charge is 0.161 e. The summed E-state index contributed by atoms with van der Waals surface area (Å²) in [6.45, 7) is 4.97. The molecule has 1 N–H and O–H groups in total. The van der Waals surface area contributed by atoms with E-state index in [1.165, 1.54) is 4.88 Å². The maximum Gasteiger partial charge on any atom is 0.161 e. The Morgan fingerprint density at radius 1 is 1.50 bits per heavy atom. The van der Waals surface area contributed by atoms with Crippen molar-refractivity contribution in [2.75, 3.05) is 13.7 Å². The Hall–Kier alpha value is -1.40. The Labute approximate surface area is 111 Å². The molecule has 2 aromatic rings. The quantitative estimate of drug-likeness (QED) is 0.898. The van der Waals surface area contributed by atoms with Gasteiger partial charge in [0.15, 0.2) is 5.75 Å². The molecule has 98 valence electrons. The van der Waals surface area contributed by atoms with Gasteiger partial charge in [0.2, 0.25) is 0 Å². The van der Waals surface area contributed by atoms with Crippen LogP contribution >= 0.6 is 11.3 Å². The molecule has 2 heterocycles. The van der Waals surface area contributed by atoms with Gasteiger partial charge >= 0.3 is 0 Å². The number of aryl methyl sites for hydroxylation is 2. The summed E-state index contributed by atoms with van der Waals surface area (Å²) in [5, 5.41) is 8.78. The summed E-state index contributed by atoms with van der Waals surface area (Å²) in [5.74, 6) is 0.800. The van der Waals surface area contributed by atoms with Gasteiger partial charge in [-0.25, -0.2) is 4.98 Å². The van der Waals surface area contributed by atoms with E-state index in [9.17, 15) is 0 Å². The second-order valence-corrected chi connectivity index (χ2v) is 5.26. The zero-order valence-corrected chi connectivity index (χ0v) is 11.9. The first-order valence-electron chi connectivity index (χ1n) is 5.89. The van der Waals surface area contributed by atoms with Crippen LogP contribution in [0.1, 0.15) is 28.5 Å². The van der Waals surface area contributed by atoms with Gasteiger partial charge < -0.3 is 10.1 Å². The lowest BCUT2D eigenvalue weighted by Gasteiger charge is -2.17. The van der Waals surface area contributed by atoms with E-state index in [4.69, 9.17) is 4.74 Å². The molecule has 0 aliphatic rings. The van der Waals surface area contributed by atoms with Gasteiger partial charge in [-0.3, -0.25) is 4.68 Å². The number of nitrogens with zero attached hydrogens (tertiary/aromatic N) is 3. The largest absolute Gasteiger partial charge is 0.493 e. The lowest BCUT2D eigenvalue weighted by molar-refractivity contribution is 0.401. The summed E-state index contributed by atoms with van der Waals surface area (Å²) in [7, 11) is 3.59. The molecule has 0 saturated heterocycles. The van der Waals surface area contributed by atoms with Crippen LogP contribution in [-0.2, 0) is 7.05 Å². The van der Waals surface area contributed by atoms with Crippen LogP contribution in [0, 0.1) is 6.92 Å². The highest BCUT2D eigenvalue weighted by Crippen LogP contribution is 2.32. The van der Waals surface area contributed by atoms with Gasteiger partial charge in [-0.2, -0.15) is 5.10 Å². The van der Waals surface area contributed by atoms with Crippen molar-refractivity contribution < 1.29 is 4.74 Å². The molecule has 0 radical (unpaired) electrons. The lowest BCUT2D eigenvalue weighted by atomic mass is 10.1. The fourth-order valence-electron chi connectivity index (χ4n) is 1.96. The topological polar surface area (TPSA) is 52.0 Å². The van der Waals surface area contributed by atoms with Crippen molar-refractivity contribution >= 4 is 11.3 Å². The minimum atomic E-state index is 0.0728. The van der Waals surface area contributed by atoms with Crippen LogP contribution in [0.4, 0.5) is 0 Å². The van der Waals surface area contributed by atoms with Gasteiger partial charge in [-0.1, -0.05) is 6.92 Å². The summed E-state index contributed by atoms with van der Waals surface area (Å²) in [6, 6.07) is 0.0728. The van der Waals surface area contributed by atoms with Crippen molar-refractivity contribution in [1.82, 2.24) is 20.1 Å². The third kappa shape index (κ3) is 2.39. The average molecular weight is 266 g/mol. The highest BCUT2D eigenvalue weighted by Gasteiger charge is 2.23. The summed E-state index contributed by atoms with van der Waals surface area (Å²) in [4.78, 5) is 5.50. The lowest BCUT2D eigenvalue weighted by Crippen LogP contribution is -2.24. The van der Waals surface area contributed by atoms with E-state index < -0.39 is 0 Å². The molecule has 1 unspecified atom stereocenters. The Kier molecular flexibility index (Phi) is 3.98. The van der Waals surface area contributed by atoms with E-state index in [1.54, 1.807) is 24.6 Å². The zero-order valence-electron chi connectivity index (χ0n) is 11.1. The van der Waals surface area contributed by atoms with Gasteiger partial charge in [0.05, 0.1) is 24.4 Å². The van der Waals surface area contributed by atoms with Crippen LogP contribution < -0.4 is 10.1 Å².